The Kier molecular flexibility index (Phi) is 7.58. The van der Waals surface area contributed by atoms with Gasteiger partial charge in [0.25, 0.3) is 0 Å². The highest BCUT2D eigenvalue weighted by molar-refractivity contribution is 7.15. The molecule has 2 aromatic rings. The van der Waals surface area contributed by atoms with Crippen LogP contribution in [0.15, 0.2) is 0 Å². The number of carbonyl (C=O) groups excluding carboxylic acids is 2. The summed E-state index contributed by atoms with van der Waals surface area (Å²) in [4.78, 5) is 24.5. The first-order valence-corrected chi connectivity index (χ1v) is 12.2. The molecule has 0 unspecified atom stereocenters. The van der Waals surface area contributed by atoms with Gasteiger partial charge in [0, 0.05) is 11.8 Å². The fraction of sp³-hybridized carbons (Fsp3) is 0.700. The van der Waals surface area contributed by atoms with Crippen LogP contribution in [0, 0.1) is 10.8 Å². The molecule has 0 spiro atoms. The van der Waals surface area contributed by atoms with Crippen molar-refractivity contribution in [1.29, 1.82) is 0 Å². The summed E-state index contributed by atoms with van der Waals surface area (Å²) >= 11 is 2.72. The molecule has 32 heavy (non-hydrogen) atoms. The molecule has 10 nitrogen and oxygen atoms in total. The average molecular weight is 483 g/mol. The molecule has 1 fully saturated rings. The van der Waals surface area contributed by atoms with Crippen LogP contribution < -0.4 is 10.6 Å². The molecule has 2 heterocycles. The van der Waals surface area contributed by atoms with E-state index < -0.39 is 10.8 Å². The van der Waals surface area contributed by atoms with Crippen molar-refractivity contribution in [3.63, 3.8) is 0 Å². The number of hydrogen-bond donors (Lipinski definition) is 4. The van der Waals surface area contributed by atoms with E-state index in [1.165, 1.54) is 22.7 Å². The van der Waals surface area contributed by atoms with Crippen LogP contribution in [0.5, 0.6) is 0 Å². The molecule has 3 rings (SSSR count). The van der Waals surface area contributed by atoms with E-state index in [-0.39, 0.29) is 36.9 Å². The standard InChI is InChI=1S/C20H30N6O4S2/c1-19(2,9-27)15(29)21-17-25-23-13(31-17)11-6-5-7-12(8-11)14-24-26-18(32-14)22-16(30)20(3,4)10-28/h11-12,27-28H,5-10H2,1-4H3,(H,21,25,29)(H,22,26,30)/t11-,12-/m1/s1. The third-order valence-electron chi connectivity index (χ3n) is 5.71. The van der Waals surface area contributed by atoms with Gasteiger partial charge >= 0.3 is 0 Å². The zero-order valence-corrected chi connectivity index (χ0v) is 20.3. The van der Waals surface area contributed by atoms with Gasteiger partial charge in [0.2, 0.25) is 22.1 Å². The Morgan fingerprint density at radius 3 is 1.62 bits per heavy atom. The minimum absolute atomic E-state index is 0.206. The Labute approximate surface area is 194 Å². The van der Waals surface area contributed by atoms with Crippen LogP contribution in [-0.2, 0) is 9.59 Å². The summed E-state index contributed by atoms with van der Waals surface area (Å²) in [6.45, 7) is 6.16. The fourth-order valence-electron chi connectivity index (χ4n) is 3.21. The molecule has 2 aromatic heterocycles. The van der Waals surface area contributed by atoms with E-state index in [0.717, 1.165) is 35.7 Å². The Hall–Kier alpha value is -2.02. The molecular formula is C20H30N6O4S2. The third-order valence-corrected chi connectivity index (χ3v) is 7.72. The summed E-state index contributed by atoms with van der Waals surface area (Å²) in [5.74, 6) is -0.176. The third kappa shape index (κ3) is 5.66. The lowest BCUT2D eigenvalue weighted by atomic mass is 9.82. The lowest BCUT2D eigenvalue weighted by molar-refractivity contribution is -0.126. The van der Waals surface area contributed by atoms with Crippen LogP contribution in [0.3, 0.4) is 0 Å². The van der Waals surface area contributed by atoms with Crippen molar-refractivity contribution in [3.8, 4) is 0 Å². The van der Waals surface area contributed by atoms with E-state index in [2.05, 4.69) is 31.0 Å². The van der Waals surface area contributed by atoms with Crippen LogP contribution in [0.2, 0.25) is 0 Å². The minimum Gasteiger partial charge on any atom is -0.395 e. The van der Waals surface area contributed by atoms with Crippen LogP contribution in [0.1, 0.15) is 75.2 Å². The summed E-state index contributed by atoms with van der Waals surface area (Å²) < 4.78 is 0. The van der Waals surface area contributed by atoms with Gasteiger partial charge in [-0.25, -0.2) is 0 Å². The van der Waals surface area contributed by atoms with E-state index in [9.17, 15) is 19.8 Å². The summed E-state index contributed by atoms with van der Waals surface area (Å²) in [5.41, 5.74) is -1.78. The molecule has 0 aromatic carbocycles. The molecule has 1 saturated carbocycles. The molecule has 1 aliphatic rings. The Bertz CT molecular complexity index is 883. The largest absolute Gasteiger partial charge is 0.395 e. The number of aliphatic hydroxyl groups is 2. The maximum Gasteiger partial charge on any atom is 0.234 e. The maximum absolute atomic E-state index is 12.3. The highest BCUT2D eigenvalue weighted by Crippen LogP contribution is 2.43. The zero-order valence-electron chi connectivity index (χ0n) is 18.7. The first kappa shape index (κ1) is 24.6. The number of rotatable bonds is 8. The van der Waals surface area contributed by atoms with Gasteiger partial charge in [-0.3, -0.25) is 20.2 Å². The van der Waals surface area contributed by atoms with Gasteiger partial charge < -0.3 is 10.2 Å². The van der Waals surface area contributed by atoms with Gasteiger partial charge in [0.05, 0.1) is 24.0 Å². The van der Waals surface area contributed by atoms with Gasteiger partial charge in [0.15, 0.2) is 0 Å². The van der Waals surface area contributed by atoms with Crippen LogP contribution in [0.25, 0.3) is 0 Å². The smallest absolute Gasteiger partial charge is 0.234 e. The molecule has 0 bridgehead atoms. The maximum atomic E-state index is 12.3. The fourth-order valence-corrected chi connectivity index (χ4v) is 4.99. The molecule has 4 N–H and O–H groups in total. The molecule has 12 heteroatoms. The predicted molar refractivity (Wildman–Crippen MR) is 123 cm³/mol. The van der Waals surface area contributed by atoms with Crippen LogP contribution in [0.4, 0.5) is 10.3 Å². The highest BCUT2D eigenvalue weighted by Gasteiger charge is 2.32. The monoisotopic (exact) mass is 482 g/mol. The lowest BCUT2D eigenvalue weighted by Crippen LogP contribution is -2.33. The van der Waals surface area contributed by atoms with Gasteiger partial charge in [-0.15, -0.1) is 20.4 Å². The molecule has 2 amide bonds. The Balaban J connectivity index is 1.63. The van der Waals surface area contributed by atoms with Crippen molar-refractivity contribution in [2.24, 2.45) is 10.8 Å². The van der Waals surface area contributed by atoms with E-state index in [1.54, 1.807) is 27.7 Å². The van der Waals surface area contributed by atoms with Crippen molar-refractivity contribution >= 4 is 44.8 Å². The summed E-state index contributed by atoms with van der Waals surface area (Å²) in [5, 5.41) is 43.6. The van der Waals surface area contributed by atoms with Crippen LogP contribution >= 0.6 is 22.7 Å². The molecule has 0 radical (unpaired) electrons. The highest BCUT2D eigenvalue weighted by atomic mass is 32.1. The topological polar surface area (TPSA) is 150 Å². The second kappa shape index (κ2) is 9.86. The van der Waals surface area contributed by atoms with Gasteiger partial charge in [-0.2, -0.15) is 0 Å². The SMILES string of the molecule is CC(C)(CO)C(=O)Nc1nnc([C@@H]2CCC[C@@H](c3nnc(NC(=O)C(C)(C)CO)s3)C2)s1. The summed E-state index contributed by atoms with van der Waals surface area (Å²) in [6, 6.07) is 0. The van der Waals surface area contributed by atoms with Crippen molar-refractivity contribution in [3.05, 3.63) is 10.0 Å². The second-order valence-electron chi connectivity index (χ2n) is 9.44. The van der Waals surface area contributed by atoms with Crippen molar-refractivity contribution in [2.45, 2.75) is 65.2 Å². The average Bonchev–Trinajstić information content (AvgIpc) is 3.43. The summed E-state index contributed by atoms with van der Waals surface area (Å²) in [7, 11) is 0. The molecule has 176 valence electrons. The van der Waals surface area contributed by atoms with Crippen LogP contribution in [-0.4, -0.2) is 55.6 Å². The number of aliphatic hydroxyl groups excluding tert-OH is 2. The molecule has 0 aliphatic heterocycles. The summed E-state index contributed by atoms with van der Waals surface area (Å²) in [6.07, 6.45) is 3.81. The lowest BCUT2D eigenvalue weighted by Gasteiger charge is -2.25. The first-order valence-electron chi connectivity index (χ1n) is 10.6. The number of hydrogen-bond acceptors (Lipinski definition) is 10. The van der Waals surface area contributed by atoms with Gasteiger partial charge in [-0.05, 0) is 47.0 Å². The zero-order chi connectivity index (χ0) is 23.5. The number of nitrogens with zero attached hydrogens (tertiary/aromatic N) is 4. The molecule has 1 aliphatic carbocycles. The second-order valence-corrected chi connectivity index (χ2v) is 11.5. The normalized spacial score (nSPS) is 19.6. The van der Waals surface area contributed by atoms with E-state index in [1.807, 2.05) is 0 Å². The number of aromatic nitrogens is 4. The van der Waals surface area contributed by atoms with Crippen molar-refractivity contribution in [2.75, 3.05) is 23.8 Å². The van der Waals surface area contributed by atoms with E-state index in [0.29, 0.717) is 10.3 Å². The quantitative estimate of drug-likeness (QED) is 0.448. The number of carbonyl (C=O) groups is 2. The van der Waals surface area contributed by atoms with Gasteiger partial charge in [-0.1, -0.05) is 29.1 Å². The van der Waals surface area contributed by atoms with Crippen molar-refractivity contribution in [1.82, 2.24) is 20.4 Å². The van der Waals surface area contributed by atoms with Gasteiger partial charge in [0.1, 0.15) is 10.0 Å². The first-order chi connectivity index (χ1) is 15.1. The molecular weight excluding hydrogens is 452 g/mol. The molecule has 0 saturated heterocycles. The number of anilines is 2. The Morgan fingerprint density at radius 1 is 0.844 bits per heavy atom. The number of amides is 2. The molecule has 2 atom stereocenters. The van der Waals surface area contributed by atoms with Crippen molar-refractivity contribution < 1.29 is 19.8 Å². The Morgan fingerprint density at radius 2 is 1.25 bits per heavy atom. The minimum atomic E-state index is -0.890. The van der Waals surface area contributed by atoms with E-state index >= 15 is 0 Å². The van der Waals surface area contributed by atoms with E-state index in [4.69, 9.17) is 0 Å². The predicted octanol–water partition coefficient (Wildman–Crippen LogP) is 2.75. The number of nitrogens with one attached hydrogen (secondary N) is 2.